The van der Waals surface area contributed by atoms with E-state index in [9.17, 15) is 13.6 Å². The highest BCUT2D eigenvalue weighted by atomic mass is 19.3. The number of aromatic nitrogens is 6. The first-order chi connectivity index (χ1) is 15.7. The van der Waals surface area contributed by atoms with Crippen LogP contribution >= 0.6 is 0 Å². The van der Waals surface area contributed by atoms with E-state index in [1.54, 1.807) is 24.9 Å². The van der Waals surface area contributed by atoms with Crippen LogP contribution in [0.1, 0.15) is 54.8 Å². The number of rotatable bonds is 3. The molecule has 1 atom stereocenters. The van der Waals surface area contributed by atoms with Crippen LogP contribution in [0.4, 0.5) is 14.7 Å². The van der Waals surface area contributed by atoms with Crippen LogP contribution in [0.5, 0.6) is 0 Å². The molecule has 0 amide bonds. The van der Waals surface area contributed by atoms with Crippen LogP contribution in [0.3, 0.4) is 0 Å². The lowest BCUT2D eigenvalue weighted by Crippen LogP contribution is -2.40. The summed E-state index contributed by atoms with van der Waals surface area (Å²) in [4.78, 5) is 29.1. The second-order valence-electron chi connectivity index (χ2n) is 9.01. The van der Waals surface area contributed by atoms with Crippen LogP contribution in [-0.2, 0) is 18.8 Å². The number of anilines is 1. The number of halogens is 2. The van der Waals surface area contributed by atoms with Crippen LogP contribution in [0.25, 0.3) is 11.0 Å². The van der Waals surface area contributed by atoms with E-state index in [0.29, 0.717) is 55.5 Å². The molecule has 0 unspecified atom stereocenters. The molecule has 2 fully saturated rings. The Hall–Kier alpha value is -2.95. The van der Waals surface area contributed by atoms with Gasteiger partial charge in [-0.05, 0) is 19.8 Å². The fourth-order valence-corrected chi connectivity index (χ4v) is 4.64. The average Bonchev–Trinajstić information content (AvgIpc) is 3.24. The molecule has 9 nitrogen and oxygen atoms in total. The third-order valence-electron chi connectivity index (χ3n) is 6.72. The molecule has 176 valence electrons. The van der Waals surface area contributed by atoms with Gasteiger partial charge in [0, 0.05) is 51.2 Å². The van der Waals surface area contributed by atoms with Crippen molar-refractivity contribution in [1.29, 1.82) is 0 Å². The van der Waals surface area contributed by atoms with Gasteiger partial charge in [-0.1, -0.05) is 0 Å². The number of ether oxygens (including phenoxy) is 1. The van der Waals surface area contributed by atoms with Crippen LogP contribution in [0.2, 0.25) is 0 Å². The maximum absolute atomic E-state index is 13.8. The summed E-state index contributed by atoms with van der Waals surface area (Å²) in [6, 6.07) is 0. The van der Waals surface area contributed by atoms with Gasteiger partial charge in [-0.3, -0.25) is 14.0 Å². The van der Waals surface area contributed by atoms with E-state index in [-0.39, 0.29) is 35.9 Å². The van der Waals surface area contributed by atoms with Gasteiger partial charge < -0.3 is 9.64 Å². The number of hydrogen-bond donors (Lipinski definition) is 0. The van der Waals surface area contributed by atoms with Gasteiger partial charge in [0.1, 0.15) is 17.4 Å². The highest BCUT2D eigenvalue weighted by molar-refractivity contribution is 5.77. The van der Waals surface area contributed by atoms with Crippen molar-refractivity contribution in [3.63, 3.8) is 0 Å². The standard InChI is InChI=1S/C22H27F2N7O2/c1-13-26-18-17(14-4-6-22(23,24)7-5-14)27-21(28-19(18)20(32)30(13)3)31-8-9-33-16(12-31)15-10-25-29(2)11-15/h10-11,14,16H,4-9,12H2,1-3H3/t16-/m1/s1. The molecule has 0 N–H and O–H groups in total. The topological polar surface area (TPSA) is 91.0 Å². The Morgan fingerprint density at radius 3 is 2.58 bits per heavy atom. The van der Waals surface area contributed by atoms with E-state index < -0.39 is 5.92 Å². The molecule has 0 bridgehead atoms. The lowest BCUT2D eigenvalue weighted by Gasteiger charge is -2.33. The minimum Gasteiger partial charge on any atom is -0.370 e. The van der Waals surface area contributed by atoms with E-state index in [4.69, 9.17) is 9.72 Å². The first-order valence-electron chi connectivity index (χ1n) is 11.2. The molecular formula is C22H27F2N7O2. The smallest absolute Gasteiger partial charge is 0.279 e. The highest BCUT2D eigenvalue weighted by Gasteiger charge is 2.37. The minimum absolute atomic E-state index is 0.192. The first-order valence-corrected chi connectivity index (χ1v) is 11.2. The minimum atomic E-state index is -2.65. The second-order valence-corrected chi connectivity index (χ2v) is 9.01. The normalized spacial score (nSPS) is 21.6. The fraction of sp³-hybridized carbons (Fsp3) is 0.591. The summed E-state index contributed by atoms with van der Waals surface area (Å²) in [5, 5.41) is 4.22. The zero-order valence-electron chi connectivity index (χ0n) is 19.0. The Balaban J connectivity index is 1.57. The Morgan fingerprint density at radius 1 is 1.12 bits per heavy atom. The van der Waals surface area contributed by atoms with Gasteiger partial charge in [0.05, 0.1) is 25.0 Å². The van der Waals surface area contributed by atoms with Crippen molar-refractivity contribution >= 4 is 17.0 Å². The molecule has 0 radical (unpaired) electrons. The highest BCUT2D eigenvalue weighted by Crippen LogP contribution is 2.42. The Labute approximate surface area is 189 Å². The predicted octanol–water partition coefficient (Wildman–Crippen LogP) is 2.64. The largest absolute Gasteiger partial charge is 0.370 e. The van der Waals surface area contributed by atoms with Gasteiger partial charge in [0.15, 0.2) is 5.52 Å². The van der Waals surface area contributed by atoms with Gasteiger partial charge in [-0.15, -0.1) is 0 Å². The number of nitrogens with zero attached hydrogens (tertiary/aromatic N) is 7. The van der Waals surface area contributed by atoms with E-state index in [0.717, 1.165) is 5.56 Å². The molecule has 1 aliphatic heterocycles. The molecule has 0 aromatic carbocycles. The van der Waals surface area contributed by atoms with Gasteiger partial charge in [-0.25, -0.2) is 23.7 Å². The number of alkyl halides is 2. The SMILES string of the molecule is Cc1nc2c(C3CCC(F)(F)CC3)nc(N3CCO[C@@H](c4cnn(C)c4)C3)nc2c(=O)n1C. The predicted molar refractivity (Wildman–Crippen MR) is 118 cm³/mol. The Morgan fingerprint density at radius 2 is 1.88 bits per heavy atom. The molecule has 1 saturated heterocycles. The number of morpholine rings is 1. The zero-order chi connectivity index (χ0) is 23.3. The first kappa shape index (κ1) is 21.9. The summed E-state index contributed by atoms with van der Waals surface area (Å²) in [7, 11) is 3.50. The van der Waals surface area contributed by atoms with Crippen molar-refractivity contribution in [2.45, 2.75) is 50.6 Å². The lowest BCUT2D eigenvalue weighted by atomic mass is 9.84. The van der Waals surface area contributed by atoms with Gasteiger partial charge in [0.25, 0.3) is 5.56 Å². The molecule has 2 aliphatic rings. The monoisotopic (exact) mass is 459 g/mol. The van der Waals surface area contributed by atoms with Crippen molar-refractivity contribution < 1.29 is 13.5 Å². The fourth-order valence-electron chi connectivity index (χ4n) is 4.64. The second kappa shape index (κ2) is 8.12. The molecule has 3 aromatic heterocycles. The van der Waals surface area contributed by atoms with Crippen molar-refractivity contribution in [1.82, 2.24) is 29.3 Å². The molecule has 11 heteroatoms. The molecule has 3 aromatic rings. The van der Waals surface area contributed by atoms with Crippen LogP contribution in [0.15, 0.2) is 17.2 Å². The summed E-state index contributed by atoms with van der Waals surface area (Å²) < 4.78 is 36.8. The van der Waals surface area contributed by atoms with E-state index in [1.165, 1.54) is 4.57 Å². The van der Waals surface area contributed by atoms with Crippen molar-refractivity contribution in [3.8, 4) is 0 Å². The third kappa shape index (κ3) is 4.09. The van der Waals surface area contributed by atoms with E-state index in [1.807, 2.05) is 18.1 Å². The van der Waals surface area contributed by atoms with Crippen LogP contribution < -0.4 is 10.5 Å². The molecule has 4 heterocycles. The maximum Gasteiger partial charge on any atom is 0.279 e. The van der Waals surface area contributed by atoms with E-state index in [2.05, 4.69) is 15.1 Å². The summed E-state index contributed by atoms with van der Waals surface area (Å²) in [6.07, 6.45) is 3.69. The summed E-state index contributed by atoms with van der Waals surface area (Å²) in [5.41, 5.74) is 1.93. The molecule has 1 aliphatic carbocycles. The van der Waals surface area contributed by atoms with Gasteiger partial charge in [0.2, 0.25) is 11.9 Å². The quantitative estimate of drug-likeness (QED) is 0.595. The summed E-state index contributed by atoms with van der Waals surface area (Å²) in [5.74, 6) is -1.89. The lowest BCUT2D eigenvalue weighted by molar-refractivity contribution is -0.0384. The number of hydrogen-bond acceptors (Lipinski definition) is 7. The van der Waals surface area contributed by atoms with Crippen molar-refractivity contribution in [3.05, 3.63) is 39.8 Å². The van der Waals surface area contributed by atoms with Gasteiger partial charge >= 0.3 is 0 Å². The molecule has 0 spiro atoms. The Bertz CT molecular complexity index is 1250. The van der Waals surface area contributed by atoms with Crippen molar-refractivity contribution in [2.24, 2.45) is 14.1 Å². The van der Waals surface area contributed by atoms with Crippen molar-refractivity contribution in [2.75, 3.05) is 24.6 Å². The van der Waals surface area contributed by atoms with E-state index >= 15 is 0 Å². The third-order valence-corrected chi connectivity index (χ3v) is 6.72. The maximum atomic E-state index is 13.8. The zero-order valence-corrected chi connectivity index (χ0v) is 19.0. The van der Waals surface area contributed by atoms with Crippen LogP contribution in [-0.4, -0.2) is 54.9 Å². The molecule has 33 heavy (non-hydrogen) atoms. The number of aryl methyl sites for hydroxylation is 2. The van der Waals surface area contributed by atoms with Crippen LogP contribution in [0, 0.1) is 6.92 Å². The molecule has 5 rings (SSSR count). The summed E-state index contributed by atoms with van der Waals surface area (Å²) >= 11 is 0. The molecule has 1 saturated carbocycles. The number of fused-ring (bicyclic) bond motifs is 1. The Kier molecular flexibility index (Phi) is 5.38. The summed E-state index contributed by atoms with van der Waals surface area (Å²) in [6.45, 7) is 3.27. The van der Waals surface area contributed by atoms with Gasteiger partial charge in [-0.2, -0.15) is 5.10 Å². The molecular weight excluding hydrogens is 432 g/mol. The average molecular weight is 460 g/mol.